The Labute approximate surface area is 164 Å². The molecule has 0 bridgehead atoms. The second-order valence-electron chi connectivity index (χ2n) is 7.32. The molecular formula is C18H20F3N7O. The van der Waals surface area contributed by atoms with Crippen molar-refractivity contribution in [3.8, 4) is 0 Å². The smallest absolute Gasteiger partial charge is 0.367 e. The normalized spacial score (nSPS) is 21.1. The molecule has 2 aromatic rings. The first-order valence-electron chi connectivity index (χ1n) is 9.15. The molecule has 4 rings (SSSR count). The highest BCUT2D eigenvalue weighted by molar-refractivity contribution is 6.00. The van der Waals surface area contributed by atoms with Crippen molar-refractivity contribution in [3.63, 3.8) is 0 Å². The van der Waals surface area contributed by atoms with Crippen molar-refractivity contribution in [2.45, 2.75) is 38.0 Å². The van der Waals surface area contributed by atoms with E-state index in [1.807, 2.05) is 0 Å². The lowest BCUT2D eigenvalue weighted by atomic mass is 9.87. The summed E-state index contributed by atoms with van der Waals surface area (Å²) in [5.74, 6) is 1.22. The summed E-state index contributed by atoms with van der Waals surface area (Å²) >= 11 is 0. The molecule has 29 heavy (non-hydrogen) atoms. The van der Waals surface area contributed by atoms with Gasteiger partial charge in [0, 0.05) is 25.3 Å². The minimum Gasteiger partial charge on any atom is -0.367 e. The highest BCUT2D eigenvalue weighted by Crippen LogP contribution is 2.33. The van der Waals surface area contributed by atoms with Crippen molar-refractivity contribution in [1.82, 2.24) is 15.0 Å². The standard InChI is InChI=1S/C18H20F3N7O/c1-9-15-16(28(2)8-14(29)26-15)27-17(23-9)25-12-6-11(7-12)24-13-5-10(3-4-22-13)18(19,20)21/h3-5,11-12H,6-8H2,1-2H3,(H,22,24)(H,26,29)(H,23,25,27). The van der Waals surface area contributed by atoms with Gasteiger partial charge in [0.05, 0.1) is 17.8 Å². The van der Waals surface area contributed by atoms with E-state index in [-0.39, 0.29) is 30.4 Å². The molecule has 1 aliphatic heterocycles. The van der Waals surface area contributed by atoms with Gasteiger partial charge in [-0.2, -0.15) is 18.2 Å². The first-order valence-corrected chi connectivity index (χ1v) is 9.15. The topological polar surface area (TPSA) is 95.1 Å². The zero-order valence-corrected chi connectivity index (χ0v) is 15.8. The van der Waals surface area contributed by atoms with Gasteiger partial charge in [0.2, 0.25) is 11.9 Å². The van der Waals surface area contributed by atoms with Crippen LogP contribution in [-0.2, 0) is 11.0 Å². The fourth-order valence-corrected chi connectivity index (χ4v) is 3.45. The fourth-order valence-electron chi connectivity index (χ4n) is 3.45. The number of pyridine rings is 1. The molecule has 0 unspecified atom stereocenters. The van der Waals surface area contributed by atoms with E-state index >= 15 is 0 Å². The van der Waals surface area contributed by atoms with Crippen LogP contribution in [0.25, 0.3) is 0 Å². The summed E-state index contributed by atoms with van der Waals surface area (Å²) < 4.78 is 38.4. The Morgan fingerprint density at radius 2 is 1.93 bits per heavy atom. The van der Waals surface area contributed by atoms with Gasteiger partial charge >= 0.3 is 6.18 Å². The number of alkyl halides is 3. The number of nitrogens with zero attached hydrogens (tertiary/aromatic N) is 4. The Hall–Kier alpha value is -3.11. The Balaban J connectivity index is 1.36. The number of nitrogens with one attached hydrogen (secondary N) is 3. The number of hydrogen-bond donors (Lipinski definition) is 3. The van der Waals surface area contributed by atoms with Crippen LogP contribution in [-0.4, -0.2) is 46.5 Å². The number of carbonyl (C=O) groups excluding carboxylic acids is 1. The van der Waals surface area contributed by atoms with Crippen LogP contribution < -0.4 is 20.9 Å². The molecule has 0 atom stereocenters. The van der Waals surface area contributed by atoms with Crippen molar-refractivity contribution >= 4 is 29.2 Å². The summed E-state index contributed by atoms with van der Waals surface area (Å²) in [5, 5.41) is 9.07. The first kappa shape index (κ1) is 19.2. The maximum atomic E-state index is 12.8. The SMILES string of the molecule is Cc1nc(NC2CC(Nc3cc(C(F)(F)F)ccn3)C2)nc2c1NC(=O)CN2C. The zero-order valence-electron chi connectivity index (χ0n) is 15.8. The van der Waals surface area contributed by atoms with Gasteiger partial charge in [-0.05, 0) is 31.9 Å². The van der Waals surface area contributed by atoms with Gasteiger partial charge in [-0.25, -0.2) is 9.97 Å². The van der Waals surface area contributed by atoms with E-state index in [4.69, 9.17) is 0 Å². The van der Waals surface area contributed by atoms with Crippen molar-refractivity contribution in [3.05, 3.63) is 29.6 Å². The molecule has 11 heteroatoms. The van der Waals surface area contributed by atoms with Crippen LogP contribution in [0, 0.1) is 6.92 Å². The third-order valence-corrected chi connectivity index (χ3v) is 4.99. The van der Waals surface area contributed by atoms with Gasteiger partial charge in [-0.1, -0.05) is 0 Å². The van der Waals surface area contributed by atoms with E-state index in [0.717, 1.165) is 18.3 Å². The molecule has 3 N–H and O–H groups in total. The van der Waals surface area contributed by atoms with E-state index in [1.54, 1.807) is 18.9 Å². The molecule has 0 saturated heterocycles. The number of carbonyl (C=O) groups is 1. The van der Waals surface area contributed by atoms with Crippen LogP contribution in [0.3, 0.4) is 0 Å². The number of aryl methyl sites for hydroxylation is 1. The second kappa shape index (κ2) is 7.05. The summed E-state index contributed by atoms with van der Waals surface area (Å²) in [6.45, 7) is 2.03. The van der Waals surface area contributed by atoms with Crippen molar-refractivity contribution in [2.75, 3.05) is 34.4 Å². The lowest BCUT2D eigenvalue weighted by Gasteiger charge is -2.37. The molecule has 0 spiro atoms. The zero-order chi connectivity index (χ0) is 20.8. The Morgan fingerprint density at radius 3 is 2.66 bits per heavy atom. The summed E-state index contributed by atoms with van der Waals surface area (Å²) in [5.41, 5.74) is 0.552. The molecule has 2 aromatic heterocycles. The predicted octanol–water partition coefficient (Wildman–Crippen LogP) is 2.64. The van der Waals surface area contributed by atoms with Crippen LogP contribution >= 0.6 is 0 Å². The van der Waals surface area contributed by atoms with Gasteiger partial charge in [-0.15, -0.1) is 0 Å². The molecule has 8 nitrogen and oxygen atoms in total. The van der Waals surface area contributed by atoms with E-state index in [1.165, 1.54) is 0 Å². The van der Waals surface area contributed by atoms with E-state index in [0.29, 0.717) is 36.0 Å². The van der Waals surface area contributed by atoms with Gasteiger partial charge in [-0.3, -0.25) is 4.79 Å². The average molecular weight is 407 g/mol. The maximum absolute atomic E-state index is 12.8. The second-order valence-corrected chi connectivity index (χ2v) is 7.32. The fraction of sp³-hybridized carbons (Fsp3) is 0.444. The van der Waals surface area contributed by atoms with E-state index in [2.05, 4.69) is 30.9 Å². The number of likely N-dealkylation sites (N-methyl/N-ethyl adjacent to an activating group) is 1. The summed E-state index contributed by atoms with van der Waals surface area (Å²) in [6.07, 6.45) is -1.84. The molecule has 3 heterocycles. The molecule has 0 radical (unpaired) electrons. The summed E-state index contributed by atoms with van der Waals surface area (Å²) in [6, 6.07) is 2.08. The van der Waals surface area contributed by atoms with Crippen LogP contribution in [0.4, 0.5) is 36.4 Å². The third-order valence-electron chi connectivity index (χ3n) is 4.99. The molecular weight excluding hydrogens is 387 g/mol. The Kier molecular flexibility index (Phi) is 4.67. The minimum absolute atomic E-state index is 0.0177. The van der Waals surface area contributed by atoms with Crippen LogP contribution in [0.15, 0.2) is 18.3 Å². The van der Waals surface area contributed by atoms with Gasteiger partial charge < -0.3 is 20.9 Å². The number of anilines is 4. The Morgan fingerprint density at radius 1 is 1.21 bits per heavy atom. The van der Waals surface area contributed by atoms with Crippen LogP contribution in [0.1, 0.15) is 24.1 Å². The molecule has 0 aromatic carbocycles. The molecule has 1 fully saturated rings. The summed E-state index contributed by atoms with van der Waals surface area (Å²) in [7, 11) is 1.79. The van der Waals surface area contributed by atoms with Crippen LogP contribution in [0.5, 0.6) is 0 Å². The van der Waals surface area contributed by atoms with Gasteiger partial charge in [0.15, 0.2) is 5.82 Å². The minimum atomic E-state index is -4.39. The van der Waals surface area contributed by atoms with Crippen molar-refractivity contribution < 1.29 is 18.0 Å². The highest BCUT2D eigenvalue weighted by atomic mass is 19.4. The van der Waals surface area contributed by atoms with Crippen LogP contribution in [0.2, 0.25) is 0 Å². The van der Waals surface area contributed by atoms with Crippen molar-refractivity contribution in [1.29, 1.82) is 0 Å². The molecule has 1 aliphatic carbocycles. The average Bonchev–Trinajstić information content (AvgIpc) is 2.60. The number of aromatic nitrogens is 3. The monoisotopic (exact) mass is 407 g/mol. The predicted molar refractivity (Wildman–Crippen MR) is 102 cm³/mol. The van der Waals surface area contributed by atoms with E-state index in [9.17, 15) is 18.0 Å². The van der Waals surface area contributed by atoms with E-state index < -0.39 is 11.7 Å². The molecule has 154 valence electrons. The third kappa shape index (κ3) is 4.03. The largest absolute Gasteiger partial charge is 0.416 e. The number of fused-ring (bicyclic) bond motifs is 1. The molecule has 2 aliphatic rings. The number of amides is 1. The number of halogens is 3. The first-order chi connectivity index (χ1) is 13.7. The lowest BCUT2D eigenvalue weighted by molar-refractivity contribution is -0.137. The van der Waals surface area contributed by atoms with Crippen molar-refractivity contribution in [2.24, 2.45) is 0 Å². The molecule has 1 saturated carbocycles. The summed E-state index contributed by atoms with van der Waals surface area (Å²) in [4.78, 5) is 26.3. The lowest BCUT2D eigenvalue weighted by Crippen LogP contribution is -2.44. The number of rotatable bonds is 4. The molecule has 1 amide bonds. The highest BCUT2D eigenvalue weighted by Gasteiger charge is 2.33. The quantitative estimate of drug-likeness (QED) is 0.717. The van der Waals surface area contributed by atoms with Gasteiger partial charge in [0.25, 0.3) is 0 Å². The Bertz CT molecular complexity index is 944. The number of hydrogen-bond acceptors (Lipinski definition) is 7. The maximum Gasteiger partial charge on any atom is 0.416 e. The van der Waals surface area contributed by atoms with Gasteiger partial charge in [0.1, 0.15) is 11.5 Å².